The molecule has 1 heterocycles. The van der Waals surface area contributed by atoms with E-state index in [1.54, 1.807) is 23.1 Å². The maximum absolute atomic E-state index is 12.7. The molecule has 1 fully saturated rings. The lowest BCUT2D eigenvalue weighted by molar-refractivity contribution is -0.120. The minimum Gasteiger partial charge on any atom is -0.496 e. The van der Waals surface area contributed by atoms with Gasteiger partial charge in [-0.2, -0.15) is 0 Å². The number of rotatable bonds is 6. The van der Waals surface area contributed by atoms with Gasteiger partial charge in [0.1, 0.15) is 11.3 Å². The van der Waals surface area contributed by atoms with Crippen LogP contribution in [0, 0.1) is 0 Å². The number of carbonyl (C=O) groups excluding carboxylic acids is 2. The Bertz CT molecular complexity index is 799. The Kier molecular flexibility index (Phi) is 5.92. The molecular weight excluding hydrogens is 358 g/mol. The largest absolute Gasteiger partial charge is 0.496 e. The fourth-order valence-corrected chi connectivity index (χ4v) is 3.86. The SMILES string of the molecule is COc1ccc(NC(=O)C(C)(C)NS(C)(=O)=O)cc1C(=O)N1CCCC1. The summed E-state index contributed by atoms with van der Waals surface area (Å²) in [4.78, 5) is 26.9. The van der Waals surface area contributed by atoms with Gasteiger partial charge in [0.25, 0.3) is 5.91 Å². The van der Waals surface area contributed by atoms with Gasteiger partial charge in [-0.1, -0.05) is 0 Å². The molecule has 2 rings (SSSR count). The Morgan fingerprint density at radius 3 is 2.35 bits per heavy atom. The number of hydrogen-bond donors (Lipinski definition) is 2. The van der Waals surface area contributed by atoms with Crippen LogP contribution in [0.4, 0.5) is 5.69 Å². The fourth-order valence-electron chi connectivity index (χ4n) is 2.84. The molecule has 1 saturated heterocycles. The standard InChI is InChI=1S/C17H25N3O5S/c1-17(2,19-26(4,23)24)16(22)18-12-7-8-14(25-3)13(11-12)15(21)20-9-5-6-10-20/h7-8,11,19H,5-6,9-10H2,1-4H3,(H,18,22). The summed E-state index contributed by atoms with van der Waals surface area (Å²) in [7, 11) is -2.07. The van der Waals surface area contributed by atoms with Crippen molar-refractivity contribution in [2.24, 2.45) is 0 Å². The van der Waals surface area contributed by atoms with E-state index in [-0.39, 0.29) is 5.91 Å². The quantitative estimate of drug-likeness (QED) is 0.768. The van der Waals surface area contributed by atoms with Crippen LogP contribution in [-0.2, 0) is 14.8 Å². The molecule has 0 aromatic heterocycles. The molecule has 2 N–H and O–H groups in total. The minimum atomic E-state index is -3.55. The van der Waals surface area contributed by atoms with Gasteiger partial charge in [0.15, 0.2) is 0 Å². The number of carbonyl (C=O) groups is 2. The predicted molar refractivity (Wildman–Crippen MR) is 98.8 cm³/mol. The van der Waals surface area contributed by atoms with E-state index in [1.807, 2.05) is 0 Å². The molecule has 144 valence electrons. The molecule has 1 aliphatic rings. The van der Waals surface area contributed by atoms with Crippen molar-refractivity contribution in [3.8, 4) is 5.75 Å². The van der Waals surface area contributed by atoms with Crippen LogP contribution in [0.2, 0.25) is 0 Å². The van der Waals surface area contributed by atoms with Gasteiger partial charge in [0.2, 0.25) is 15.9 Å². The molecule has 2 amide bonds. The summed E-state index contributed by atoms with van der Waals surface area (Å²) in [5.74, 6) is -0.259. The van der Waals surface area contributed by atoms with Crippen LogP contribution < -0.4 is 14.8 Å². The first-order valence-corrected chi connectivity index (χ1v) is 10.2. The molecule has 0 spiro atoms. The van der Waals surface area contributed by atoms with Gasteiger partial charge in [-0.15, -0.1) is 0 Å². The molecule has 0 bridgehead atoms. The second-order valence-corrected chi connectivity index (χ2v) is 8.62. The van der Waals surface area contributed by atoms with Gasteiger partial charge in [-0.05, 0) is 44.9 Å². The summed E-state index contributed by atoms with van der Waals surface area (Å²) in [6.45, 7) is 4.32. The number of methoxy groups -OCH3 is 1. The van der Waals surface area contributed by atoms with Crippen LogP contribution in [0.15, 0.2) is 18.2 Å². The molecule has 0 radical (unpaired) electrons. The molecule has 0 unspecified atom stereocenters. The maximum atomic E-state index is 12.7. The molecule has 0 saturated carbocycles. The number of nitrogens with one attached hydrogen (secondary N) is 2. The molecular formula is C17H25N3O5S. The second kappa shape index (κ2) is 7.63. The monoisotopic (exact) mass is 383 g/mol. The van der Waals surface area contributed by atoms with Crippen LogP contribution in [0.25, 0.3) is 0 Å². The van der Waals surface area contributed by atoms with Crippen LogP contribution in [-0.4, -0.2) is 57.1 Å². The summed E-state index contributed by atoms with van der Waals surface area (Å²) >= 11 is 0. The van der Waals surface area contributed by atoms with E-state index in [9.17, 15) is 18.0 Å². The van der Waals surface area contributed by atoms with Crippen molar-refractivity contribution in [1.82, 2.24) is 9.62 Å². The maximum Gasteiger partial charge on any atom is 0.257 e. The van der Waals surface area contributed by atoms with Crippen LogP contribution in [0.1, 0.15) is 37.0 Å². The average Bonchev–Trinajstić information content (AvgIpc) is 3.06. The van der Waals surface area contributed by atoms with Gasteiger partial charge >= 0.3 is 0 Å². The van der Waals surface area contributed by atoms with Crippen molar-refractivity contribution >= 4 is 27.5 Å². The summed E-state index contributed by atoms with van der Waals surface area (Å²) in [5.41, 5.74) is -0.588. The zero-order valence-corrected chi connectivity index (χ0v) is 16.3. The molecule has 8 nitrogen and oxygen atoms in total. The van der Waals surface area contributed by atoms with Gasteiger partial charge < -0.3 is 15.0 Å². The third-order valence-corrected chi connectivity index (χ3v) is 4.97. The number of benzene rings is 1. The van der Waals surface area contributed by atoms with Crippen LogP contribution in [0.5, 0.6) is 5.75 Å². The lowest BCUT2D eigenvalue weighted by atomic mass is 10.1. The Labute approximate surface area is 153 Å². The first-order chi connectivity index (χ1) is 12.0. The Morgan fingerprint density at radius 1 is 1.19 bits per heavy atom. The van der Waals surface area contributed by atoms with Gasteiger partial charge in [-0.3, -0.25) is 9.59 Å². The molecule has 1 aliphatic heterocycles. The summed E-state index contributed by atoms with van der Waals surface area (Å²) in [6, 6.07) is 4.76. The third-order valence-electron chi connectivity index (χ3n) is 4.09. The Hall–Kier alpha value is -2.13. The molecule has 26 heavy (non-hydrogen) atoms. The highest BCUT2D eigenvalue weighted by atomic mass is 32.2. The van der Waals surface area contributed by atoms with E-state index >= 15 is 0 Å². The Balaban J connectivity index is 2.23. The third kappa shape index (κ3) is 4.95. The summed E-state index contributed by atoms with van der Waals surface area (Å²) in [6.07, 6.45) is 2.92. The number of ether oxygens (including phenoxy) is 1. The fraction of sp³-hybridized carbons (Fsp3) is 0.529. The van der Waals surface area contributed by atoms with Crippen LogP contribution >= 0.6 is 0 Å². The number of sulfonamides is 1. The van der Waals surface area contributed by atoms with E-state index in [4.69, 9.17) is 4.74 Å². The second-order valence-electron chi connectivity index (χ2n) is 6.87. The van der Waals surface area contributed by atoms with E-state index < -0.39 is 21.5 Å². The van der Waals surface area contributed by atoms with Crippen molar-refractivity contribution in [1.29, 1.82) is 0 Å². The van der Waals surface area contributed by atoms with Crippen molar-refractivity contribution in [2.45, 2.75) is 32.2 Å². The number of likely N-dealkylation sites (tertiary alicyclic amines) is 1. The first kappa shape index (κ1) is 20.2. The normalized spacial score (nSPS) is 15.0. The number of amides is 2. The topological polar surface area (TPSA) is 105 Å². The lowest BCUT2D eigenvalue weighted by Crippen LogP contribution is -2.51. The zero-order valence-electron chi connectivity index (χ0n) is 15.5. The number of nitrogens with zero attached hydrogens (tertiary/aromatic N) is 1. The highest BCUT2D eigenvalue weighted by Gasteiger charge is 2.31. The van der Waals surface area contributed by atoms with E-state index in [2.05, 4.69) is 10.0 Å². The van der Waals surface area contributed by atoms with Gasteiger partial charge in [-0.25, -0.2) is 13.1 Å². The van der Waals surface area contributed by atoms with Gasteiger partial charge in [0.05, 0.1) is 18.9 Å². The van der Waals surface area contributed by atoms with E-state index in [0.717, 1.165) is 19.1 Å². The Morgan fingerprint density at radius 2 is 1.81 bits per heavy atom. The highest BCUT2D eigenvalue weighted by Crippen LogP contribution is 2.26. The smallest absolute Gasteiger partial charge is 0.257 e. The van der Waals surface area contributed by atoms with Crippen LogP contribution in [0.3, 0.4) is 0 Å². The summed E-state index contributed by atoms with van der Waals surface area (Å²) < 4.78 is 30.4. The van der Waals surface area contributed by atoms with Crippen molar-refractivity contribution in [3.05, 3.63) is 23.8 Å². The molecule has 0 aliphatic carbocycles. The van der Waals surface area contributed by atoms with E-state index in [1.165, 1.54) is 21.0 Å². The average molecular weight is 383 g/mol. The van der Waals surface area contributed by atoms with E-state index in [0.29, 0.717) is 30.1 Å². The molecule has 9 heteroatoms. The first-order valence-electron chi connectivity index (χ1n) is 8.31. The van der Waals surface area contributed by atoms with Crippen molar-refractivity contribution in [2.75, 3.05) is 31.8 Å². The number of hydrogen-bond acceptors (Lipinski definition) is 5. The van der Waals surface area contributed by atoms with Crippen molar-refractivity contribution < 1.29 is 22.7 Å². The highest BCUT2D eigenvalue weighted by molar-refractivity contribution is 7.88. The molecule has 1 aromatic rings. The zero-order chi connectivity index (χ0) is 19.5. The number of anilines is 1. The van der Waals surface area contributed by atoms with Gasteiger partial charge in [0, 0.05) is 18.8 Å². The predicted octanol–water partition coefficient (Wildman–Crippen LogP) is 1.20. The molecule has 0 atom stereocenters. The molecule has 1 aromatic carbocycles. The lowest BCUT2D eigenvalue weighted by Gasteiger charge is -2.24. The minimum absolute atomic E-state index is 0.149. The summed E-state index contributed by atoms with van der Waals surface area (Å²) in [5, 5.41) is 2.65. The van der Waals surface area contributed by atoms with Crippen molar-refractivity contribution in [3.63, 3.8) is 0 Å².